The first-order valence-corrected chi connectivity index (χ1v) is 6.98. The maximum absolute atomic E-state index is 5.76. The van der Waals surface area contributed by atoms with Crippen molar-refractivity contribution in [1.82, 2.24) is 4.98 Å². The molecule has 1 N–H and O–H groups in total. The van der Waals surface area contributed by atoms with Crippen LogP contribution in [0.5, 0.6) is 5.75 Å². The number of nitrogens with zero attached hydrogens (tertiary/aromatic N) is 1. The van der Waals surface area contributed by atoms with Crippen molar-refractivity contribution in [2.24, 2.45) is 0 Å². The maximum Gasteiger partial charge on any atom is 0.120 e. The number of rotatable bonds is 5. The monoisotopic (exact) mass is 258 g/mol. The van der Waals surface area contributed by atoms with Crippen LogP contribution in [0.4, 0.5) is 5.69 Å². The Bertz CT molecular complexity index is 564. The van der Waals surface area contributed by atoms with Crippen molar-refractivity contribution in [3.05, 3.63) is 30.0 Å². The molecule has 0 aliphatic rings. The van der Waals surface area contributed by atoms with Gasteiger partial charge in [0.25, 0.3) is 0 Å². The highest BCUT2D eigenvalue weighted by atomic mass is 16.5. The van der Waals surface area contributed by atoms with Crippen molar-refractivity contribution in [3.8, 4) is 5.75 Å². The van der Waals surface area contributed by atoms with Gasteiger partial charge in [-0.15, -0.1) is 0 Å². The van der Waals surface area contributed by atoms with Crippen LogP contribution in [0, 0.1) is 0 Å². The van der Waals surface area contributed by atoms with E-state index in [4.69, 9.17) is 4.74 Å². The SMILES string of the molecule is CCNc1cc(CC)nc2ccc(OC(C)C)cc12. The zero-order valence-electron chi connectivity index (χ0n) is 12.2. The summed E-state index contributed by atoms with van der Waals surface area (Å²) >= 11 is 0. The topological polar surface area (TPSA) is 34.2 Å². The van der Waals surface area contributed by atoms with Crippen LogP contribution < -0.4 is 10.1 Å². The summed E-state index contributed by atoms with van der Waals surface area (Å²) < 4.78 is 5.76. The zero-order chi connectivity index (χ0) is 13.8. The summed E-state index contributed by atoms with van der Waals surface area (Å²) in [5.74, 6) is 0.896. The molecule has 3 heteroatoms. The van der Waals surface area contributed by atoms with Crippen molar-refractivity contribution < 1.29 is 4.74 Å². The normalized spacial score (nSPS) is 11.0. The molecule has 0 saturated carbocycles. The van der Waals surface area contributed by atoms with Gasteiger partial charge in [-0.2, -0.15) is 0 Å². The highest BCUT2D eigenvalue weighted by Gasteiger charge is 2.07. The van der Waals surface area contributed by atoms with Gasteiger partial charge in [0, 0.05) is 23.3 Å². The first kappa shape index (κ1) is 13.7. The van der Waals surface area contributed by atoms with Crippen LogP contribution in [0.2, 0.25) is 0 Å². The predicted molar refractivity (Wildman–Crippen MR) is 81.0 cm³/mol. The fraction of sp³-hybridized carbons (Fsp3) is 0.438. The molecule has 3 nitrogen and oxygen atoms in total. The van der Waals surface area contributed by atoms with Gasteiger partial charge in [0.15, 0.2) is 0 Å². The molecule has 0 aliphatic carbocycles. The van der Waals surface area contributed by atoms with Crippen molar-refractivity contribution >= 4 is 16.6 Å². The molecule has 0 bridgehead atoms. The van der Waals surface area contributed by atoms with Crippen LogP contribution in [0.1, 0.15) is 33.4 Å². The van der Waals surface area contributed by atoms with Crippen LogP contribution in [-0.4, -0.2) is 17.6 Å². The fourth-order valence-electron chi connectivity index (χ4n) is 2.12. The van der Waals surface area contributed by atoms with Crippen LogP contribution in [0.25, 0.3) is 10.9 Å². The molecule has 1 heterocycles. The van der Waals surface area contributed by atoms with Crippen LogP contribution in [0.15, 0.2) is 24.3 Å². The van der Waals surface area contributed by atoms with E-state index < -0.39 is 0 Å². The third-order valence-corrected chi connectivity index (χ3v) is 2.93. The third-order valence-electron chi connectivity index (χ3n) is 2.93. The Kier molecular flexibility index (Phi) is 4.25. The summed E-state index contributed by atoms with van der Waals surface area (Å²) in [5.41, 5.74) is 3.27. The number of aryl methyl sites for hydroxylation is 1. The van der Waals surface area contributed by atoms with Gasteiger partial charge in [-0.25, -0.2) is 0 Å². The lowest BCUT2D eigenvalue weighted by atomic mass is 10.1. The Labute approximate surface area is 115 Å². The number of ether oxygens (including phenoxy) is 1. The predicted octanol–water partition coefficient (Wildman–Crippen LogP) is 4.02. The van der Waals surface area contributed by atoms with E-state index in [1.807, 2.05) is 26.0 Å². The lowest BCUT2D eigenvalue weighted by Gasteiger charge is -2.13. The molecule has 102 valence electrons. The highest BCUT2D eigenvalue weighted by molar-refractivity contribution is 5.92. The molecule has 0 saturated heterocycles. The first-order valence-electron chi connectivity index (χ1n) is 6.98. The summed E-state index contributed by atoms with van der Waals surface area (Å²) in [7, 11) is 0. The second kappa shape index (κ2) is 5.91. The Balaban J connectivity index is 2.52. The Morgan fingerprint density at radius 2 is 2.00 bits per heavy atom. The van der Waals surface area contributed by atoms with E-state index in [1.165, 1.54) is 0 Å². The molecule has 2 aromatic rings. The van der Waals surface area contributed by atoms with E-state index in [2.05, 4.69) is 36.3 Å². The first-order chi connectivity index (χ1) is 9.13. The van der Waals surface area contributed by atoms with E-state index in [0.717, 1.165) is 41.0 Å². The van der Waals surface area contributed by atoms with Crippen LogP contribution >= 0.6 is 0 Å². The molecule has 0 aliphatic heterocycles. The Hall–Kier alpha value is -1.77. The number of anilines is 1. The summed E-state index contributed by atoms with van der Waals surface area (Å²) in [4.78, 5) is 4.66. The van der Waals surface area contributed by atoms with Gasteiger partial charge in [0.05, 0.1) is 11.6 Å². The maximum atomic E-state index is 5.76. The molecule has 0 unspecified atom stereocenters. The largest absolute Gasteiger partial charge is 0.491 e. The van der Waals surface area contributed by atoms with Gasteiger partial charge < -0.3 is 10.1 Å². The number of nitrogens with one attached hydrogen (secondary N) is 1. The van der Waals surface area contributed by atoms with Crippen LogP contribution in [0.3, 0.4) is 0 Å². The minimum atomic E-state index is 0.183. The molecule has 1 aromatic carbocycles. The third kappa shape index (κ3) is 3.16. The second-order valence-corrected chi connectivity index (χ2v) is 4.89. The highest BCUT2D eigenvalue weighted by Crippen LogP contribution is 2.28. The van der Waals surface area contributed by atoms with Crippen molar-refractivity contribution in [2.45, 2.75) is 40.2 Å². The molecule has 19 heavy (non-hydrogen) atoms. The van der Waals surface area contributed by atoms with E-state index >= 15 is 0 Å². The molecule has 2 rings (SSSR count). The van der Waals surface area contributed by atoms with Gasteiger partial charge in [-0.05, 0) is 51.5 Å². The number of fused-ring (bicyclic) bond motifs is 1. The fourth-order valence-corrected chi connectivity index (χ4v) is 2.12. The standard InChI is InChI=1S/C16H22N2O/c1-5-12-9-16(17-6-2)14-10-13(19-11(3)4)7-8-15(14)18-12/h7-11H,5-6H2,1-4H3,(H,17,18). The molecule has 0 amide bonds. The van der Waals surface area contributed by atoms with Crippen LogP contribution in [-0.2, 0) is 6.42 Å². The van der Waals surface area contributed by atoms with E-state index in [-0.39, 0.29) is 6.10 Å². The van der Waals surface area contributed by atoms with Gasteiger partial charge >= 0.3 is 0 Å². The summed E-state index contributed by atoms with van der Waals surface area (Å²) in [6.45, 7) is 9.20. The average molecular weight is 258 g/mol. The van der Waals surface area contributed by atoms with Gasteiger partial charge in [0.1, 0.15) is 5.75 Å². The van der Waals surface area contributed by atoms with Crippen molar-refractivity contribution in [2.75, 3.05) is 11.9 Å². The van der Waals surface area contributed by atoms with E-state index in [1.54, 1.807) is 0 Å². The molecular weight excluding hydrogens is 236 g/mol. The Morgan fingerprint density at radius 1 is 1.21 bits per heavy atom. The number of aromatic nitrogens is 1. The van der Waals surface area contributed by atoms with E-state index in [9.17, 15) is 0 Å². The average Bonchev–Trinajstić information content (AvgIpc) is 2.38. The molecule has 1 aromatic heterocycles. The minimum Gasteiger partial charge on any atom is -0.491 e. The number of hydrogen-bond donors (Lipinski definition) is 1. The Morgan fingerprint density at radius 3 is 2.63 bits per heavy atom. The van der Waals surface area contributed by atoms with Gasteiger partial charge in [0.2, 0.25) is 0 Å². The molecule has 0 atom stereocenters. The minimum absolute atomic E-state index is 0.183. The summed E-state index contributed by atoms with van der Waals surface area (Å²) in [5, 5.41) is 4.53. The molecule has 0 radical (unpaired) electrons. The smallest absolute Gasteiger partial charge is 0.120 e. The number of pyridine rings is 1. The zero-order valence-corrected chi connectivity index (χ0v) is 12.2. The number of hydrogen-bond acceptors (Lipinski definition) is 3. The molecule has 0 spiro atoms. The van der Waals surface area contributed by atoms with Gasteiger partial charge in [-0.3, -0.25) is 4.98 Å². The molecule has 0 fully saturated rings. The lowest BCUT2D eigenvalue weighted by molar-refractivity contribution is 0.243. The van der Waals surface area contributed by atoms with Gasteiger partial charge in [-0.1, -0.05) is 6.92 Å². The van der Waals surface area contributed by atoms with Crippen molar-refractivity contribution in [1.29, 1.82) is 0 Å². The molecular formula is C16H22N2O. The summed E-state index contributed by atoms with van der Waals surface area (Å²) in [6, 6.07) is 8.22. The lowest BCUT2D eigenvalue weighted by Crippen LogP contribution is -2.06. The summed E-state index contributed by atoms with van der Waals surface area (Å²) in [6.07, 6.45) is 1.13. The quantitative estimate of drug-likeness (QED) is 0.879. The number of benzene rings is 1. The second-order valence-electron chi connectivity index (χ2n) is 4.89. The van der Waals surface area contributed by atoms with E-state index in [0.29, 0.717) is 0 Å². The van der Waals surface area contributed by atoms with Crippen molar-refractivity contribution in [3.63, 3.8) is 0 Å².